The summed E-state index contributed by atoms with van der Waals surface area (Å²) in [7, 11) is 0. The molecule has 4 atom stereocenters. The number of fused-ring (bicyclic) bond motifs is 1. The summed E-state index contributed by atoms with van der Waals surface area (Å²) in [5, 5.41) is 13.6. The van der Waals surface area contributed by atoms with Crippen LogP contribution < -0.4 is 43.7 Å². The molecule has 16 heteroatoms. The van der Waals surface area contributed by atoms with Crippen molar-refractivity contribution in [3.63, 3.8) is 0 Å². The summed E-state index contributed by atoms with van der Waals surface area (Å²) < 4.78 is 5.24. The fraction of sp³-hybridized carbons (Fsp3) is 0.529. The number of hydrogen-bond donors (Lipinski definition) is 7. The Hall–Kier alpha value is -5.28. The van der Waals surface area contributed by atoms with Crippen LogP contribution in [-0.2, 0) is 40.0 Å². The third kappa shape index (κ3) is 12.6. The third-order valence-electron chi connectivity index (χ3n) is 7.63. The number of benzene rings is 1. The van der Waals surface area contributed by atoms with Crippen LogP contribution >= 0.6 is 0 Å². The summed E-state index contributed by atoms with van der Waals surface area (Å²) in [4.78, 5) is 101. The van der Waals surface area contributed by atoms with E-state index in [1.54, 1.807) is 27.7 Å². The summed E-state index contributed by atoms with van der Waals surface area (Å²) in [5.41, 5.74) is 9.70. The summed E-state index contributed by atoms with van der Waals surface area (Å²) in [6.07, 6.45) is -0.201. The molecule has 0 bridgehead atoms. The lowest BCUT2D eigenvalue weighted by atomic mass is 9.85. The van der Waals surface area contributed by atoms with Gasteiger partial charge in [0, 0.05) is 36.6 Å². The molecule has 2 rings (SSSR count). The van der Waals surface area contributed by atoms with E-state index in [1.807, 2.05) is 13.8 Å². The molecular weight excluding hydrogens is 650 g/mol. The number of amides is 7. The predicted octanol–water partition coefficient (Wildman–Crippen LogP) is 0.486. The number of hydrogen-bond acceptors (Lipinski definition) is 9. The second kappa shape index (κ2) is 17.9. The first-order valence-electron chi connectivity index (χ1n) is 16.3. The Labute approximate surface area is 290 Å². The lowest BCUT2D eigenvalue weighted by molar-refractivity contribution is -0.136. The minimum atomic E-state index is -1.29. The minimum Gasteiger partial charge on any atom is -0.423 e. The first-order chi connectivity index (χ1) is 23.2. The Balaban J connectivity index is 2.34. The van der Waals surface area contributed by atoms with Crippen molar-refractivity contribution >= 4 is 58.0 Å². The fourth-order valence-corrected chi connectivity index (χ4v) is 5.17. The normalized spacial score (nSPS) is 13.8. The molecule has 0 saturated heterocycles. The Morgan fingerprint density at radius 1 is 0.800 bits per heavy atom. The van der Waals surface area contributed by atoms with Gasteiger partial charge < -0.3 is 42.5 Å². The van der Waals surface area contributed by atoms with E-state index in [1.165, 1.54) is 25.1 Å². The first-order valence-corrected chi connectivity index (χ1v) is 16.3. The second-order valence-electron chi connectivity index (χ2n) is 13.7. The standard InChI is InChI=1S/C34H49N7O9/c1-8-22(37-18(4)42)30(46)41-29(34(5,6)7)33(49)40-24(13-17(2)3)32(48)39-23(11-12-26(35)43)31(47)38-20-9-10-21-19(14-27(36)44)15-28(45)50-25(21)16-20/h9-10,15-17,22-24,29H,8,11-14H2,1-7H3,(H2,35,43)(H2,36,44)(H,37,42)(H,38,47)(H,39,48)(H,40,49)(H,41,46)/t22-,23-,24-,29-/m0/s1. The molecule has 0 unspecified atom stereocenters. The molecular formula is C34H49N7O9. The van der Waals surface area contributed by atoms with Gasteiger partial charge in [0.15, 0.2) is 0 Å². The molecule has 274 valence electrons. The van der Waals surface area contributed by atoms with Crippen molar-refractivity contribution in [2.24, 2.45) is 22.8 Å². The Bertz CT molecular complexity index is 1660. The molecule has 1 aromatic heterocycles. The van der Waals surface area contributed by atoms with Gasteiger partial charge in [0.25, 0.3) is 0 Å². The van der Waals surface area contributed by atoms with E-state index in [-0.39, 0.29) is 49.3 Å². The average molecular weight is 700 g/mol. The van der Waals surface area contributed by atoms with Gasteiger partial charge in [0.05, 0.1) is 6.42 Å². The SMILES string of the molecule is CC[C@H](NC(C)=O)C(=O)N[C@@H](C(=O)N[C@@H](CC(C)C)C(=O)N[C@@H](CCC(N)=O)C(=O)Nc1ccc2c(CC(N)=O)cc(=O)oc2c1)C(C)(C)C. The van der Waals surface area contributed by atoms with Crippen molar-refractivity contribution in [2.75, 3.05) is 5.32 Å². The predicted molar refractivity (Wildman–Crippen MR) is 185 cm³/mol. The summed E-state index contributed by atoms with van der Waals surface area (Å²) in [6.45, 7) is 11.8. The van der Waals surface area contributed by atoms with Crippen molar-refractivity contribution in [3.05, 3.63) is 40.2 Å². The van der Waals surface area contributed by atoms with Gasteiger partial charge in [-0.2, -0.15) is 0 Å². The van der Waals surface area contributed by atoms with E-state index < -0.39 is 76.6 Å². The lowest BCUT2D eigenvalue weighted by Gasteiger charge is -2.33. The molecule has 1 aromatic carbocycles. The van der Waals surface area contributed by atoms with Crippen LogP contribution in [0.4, 0.5) is 5.69 Å². The van der Waals surface area contributed by atoms with Crippen LogP contribution in [-0.4, -0.2) is 65.5 Å². The van der Waals surface area contributed by atoms with E-state index in [9.17, 15) is 38.4 Å². The van der Waals surface area contributed by atoms with E-state index in [2.05, 4.69) is 26.6 Å². The topological polar surface area (TPSA) is 262 Å². The van der Waals surface area contributed by atoms with Crippen LogP contribution in [0.25, 0.3) is 11.0 Å². The molecule has 0 saturated carbocycles. The molecule has 50 heavy (non-hydrogen) atoms. The summed E-state index contributed by atoms with van der Waals surface area (Å²) in [6, 6.07) is 1.12. The molecule has 0 aliphatic rings. The van der Waals surface area contributed by atoms with Crippen molar-refractivity contribution in [1.82, 2.24) is 21.3 Å². The monoisotopic (exact) mass is 699 g/mol. The smallest absolute Gasteiger partial charge is 0.336 e. The maximum absolute atomic E-state index is 13.7. The van der Waals surface area contributed by atoms with Crippen LogP contribution in [0.1, 0.15) is 79.7 Å². The summed E-state index contributed by atoms with van der Waals surface area (Å²) in [5.74, 6) is -4.55. The van der Waals surface area contributed by atoms with Gasteiger partial charge in [-0.1, -0.05) is 41.5 Å². The molecule has 9 N–H and O–H groups in total. The van der Waals surface area contributed by atoms with Gasteiger partial charge in [0.1, 0.15) is 29.8 Å². The molecule has 0 aliphatic heterocycles. The number of carbonyl (C=O) groups excluding carboxylic acids is 7. The number of anilines is 1. The molecule has 0 fully saturated rings. The van der Waals surface area contributed by atoms with Crippen LogP contribution in [0.2, 0.25) is 0 Å². The Morgan fingerprint density at radius 2 is 1.42 bits per heavy atom. The zero-order chi connectivity index (χ0) is 37.9. The molecule has 0 aliphatic carbocycles. The second-order valence-corrected chi connectivity index (χ2v) is 13.7. The third-order valence-corrected chi connectivity index (χ3v) is 7.63. The fourth-order valence-electron chi connectivity index (χ4n) is 5.17. The Morgan fingerprint density at radius 3 is 1.96 bits per heavy atom. The van der Waals surface area contributed by atoms with Gasteiger partial charge in [-0.05, 0) is 48.3 Å². The Kier molecular flexibility index (Phi) is 14.7. The highest BCUT2D eigenvalue weighted by molar-refractivity contribution is 6.00. The van der Waals surface area contributed by atoms with Gasteiger partial charge in [-0.25, -0.2) is 4.79 Å². The van der Waals surface area contributed by atoms with Gasteiger partial charge >= 0.3 is 5.63 Å². The van der Waals surface area contributed by atoms with Gasteiger partial charge in [-0.15, -0.1) is 0 Å². The van der Waals surface area contributed by atoms with Gasteiger partial charge in [-0.3, -0.25) is 33.6 Å². The van der Waals surface area contributed by atoms with Crippen LogP contribution in [0.3, 0.4) is 0 Å². The van der Waals surface area contributed by atoms with E-state index in [0.717, 1.165) is 6.07 Å². The molecule has 0 radical (unpaired) electrons. The van der Waals surface area contributed by atoms with E-state index in [0.29, 0.717) is 10.9 Å². The van der Waals surface area contributed by atoms with Crippen LogP contribution in [0.15, 0.2) is 33.5 Å². The van der Waals surface area contributed by atoms with Gasteiger partial charge in [0.2, 0.25) is 41.4 Å². The van der Waals surface area contributed by atoms with Crippen LogP contribution in [0, 0.1) is 11.3 Å². The van der Waals surface area contributed by atoms with Crippen molar-refractivity contribution in [3.8, 4) is 0 Å². The molecule has 0 spiro atoms. The minimum absolute atomic E-state index is 0.0757. The van der Waals surface area contributed by atoms with Crippen molar-refractivity contribution < 1.29 is 38.0 Å². The molecule has 16 nitrogen and oxygen atoms in total. The number of rotatable bonds is 17. The molecule has 7 amide bonds. The highest BCUT2D eigenvalue weighted by Gasteiger charge is 2.37. The van der Waals surface area contributed by atoms with Crippen molar-refractivity contribution in [1.29, 1.82) is 0 Å². The van der Waals surface area contributed by atoms with Crippen LogP contribution in [0.5, 0.6) is 0 Å². The quantitative estimate of drug-likeness (QED) is 0.113. The zero-order valence-electron chi connectivity index (χ0n) is 29.6. The highest BCUT2D eigenvalue weighted by Crippen LogP contribution is 2.23. The van der Waals surface area contributed by atoms with Crippen molar-refractivity contribution in [2.45, 2.75) is 105 Å². The summed E-state index contributed by atoms with van der Waals surface area (Å²) >= 11 is 0. The number of carbonyl (C=O) groups is 7. The maximum atomic E-state index is 13.7. The molecule has 1 heterocycles. The zero-order valence-corrected chi connectivity index (χ0v) is 29.6. The highest BCUT2D eigenvalue weighted by atomic mass is 16.4. The maximum Gasteiger partial charge on any atom is 0.336 e. The molecule has 2 aromatic rings. The van der Waals surface area contributed by atoms with E-state index >= 15 is 0 Å². The number of nitrogens with two attached hydrogens (primary N) is 2. The number of primary amides is 2. The largest absolute Gasteiger partial charge is 0.423 e. The van der Waals surface area contributed by atoms with E-state index in [4.69, 9.17) is 15.9 Å². The first kappa shape index (κ1) is 40.9. The number of nitrogens with one attached hydrogen (secondary N) is 5. The lowest BCUT2D eigenvalue weighted by Crippen LogP contribution is -2.61. The average Bonchev–Trinajstić information content (AvgIpc) is 2.98.